The molecule has 0 N–H and O–H groups in total. The first kappa shape index (κ1) is 10.2. The minimum atomic E-state index is 0.951. The Hall–Kier alpha value is -0.980. The molecular formula is C11H11IN4. The lowest BCUT2D eigenvalue weighted by molar-refractivity contribution is 0.649. The van der Waals surface area contributed by atoms with Crippen LogP contribution < -0.4 is 0 Å². The van der Waals surface area contributed by atoms with Crippen molar-refractivity contribution in [3.8, 4) is 5.82 Å². The smallest absolute Gasteiger partial charge is 0.160 e. The Morgan fingerprint density at radius 1 is 1.19 bits per heavy atom. The van der Waals surface area contributed by atoms with E-state index < -0.39 is 0 Å². The molecule has 3 rings (SSSR count). The Balaban J connectivity index is 2.13. The molecule has 2 heterocycles. The van der Waals surface area contributed by atoms with E-state index in [0.717, 1.165) is 22.2 Å². The zero-order valence-electron chi connectivity index (χ0n) is 8.73. The summed E-state index contributed by atoms with van der Waals surface area (Å²) in [4.78, 5) is 8.72. The van der Waals surface area contributed by atoms with Crippen LogP contribution in [-0.4, -0.2) is 19.7 Å². The molecule has 0 fully saturated rings. The van der Waals surface area contributed by atoms with Crippen molar-refractivity contribution in [2.45, 2.75) is 25.7 Å². The number of nitrogens with zero attached hydrogens (tertiary/aromatic N) is 4. The van der Waals surface area contributed by atoms with Gasteiger partial charge in [-0.25, -0.2) is 14.6 Å². The molecule has 0 saturated carbocycles. The van der Waals surface area contributed by atoms with Gasteiger partial charge in [0.05, 0.1) is 9.77 Å². The molecule has 16 heavy (non-hydrogen) atoms. The summed E-state index contributed by atoms with van der Waals surface area (Å²) in [5, 5.41) is 4.31. The van der Waals surface area contributed by atoms with Crippen molar-refractivity contribution in [2.75, 3.05) is 0 Å². The van der Waals surface area contributed by atoms with Gasteiger partial charge in [0.1, 0.15) is 6.33 Å². The van der Waals surface area contributed by atoms with Crippen LogP contribution in [-0.2, 0) is 12.8 Å². The van der Waals surface area contributed by atoms with Crippen LogP contribution in [0.3, 0.4) is 0 Å². The number of halogens is 1. The molecule has 2 aromatic rings. The van der Waals surface area contributed by atoms with Gasteiger partial charge >= 0.3 is 0 Å². The second kappa shape index (κ2) is 4.12. The van der Waals surface area contributed by atoms with Crippen LogP contribution in [0.4, 0.5) is 0 Å². The third-order valence-electron chi connectivity index (χ3n) is 2.87. The van der Waals surface area contributed by atoms with Gasteiger partial charge in [-0.1, -0.05) is 0 Å². The summed E-state index contributed by atoms with van der Waals surface area (Å²) in [7, 11) is 0. The van der Waals surface area contributed by atoms with Crippen LogP contribution in [0.1, 0.15) is 24.1 Å². The van der Waals surface area contributed by atoms with E-state index in [4.69, 9.17) is 0 Å². The zero-order valence-corrected chi connectivity index (χ0v) is 10.9. The first-order valence-electron chi connectivity index (χ1n) is 5.38. The molecule has 1 aliphatic rings. The van der Waals surface area contributed by atoms with Gasteiger partial charge < -0.3 is 0 Å². The quantitative estimate of drug-likeness (QED) is 0.754. The van der Waals surface area contributed by atoms with Crippen LogP contribution in [0, 0.1) is 3.57 Å². The Bertz CT molecular complexity index is 520. The molecule has 2 aromatic heterocycles. The van der Waals surface area contributed by atoms with Crippen molar-refractivity contribution in [3.63, 3.8) is 0 Å². The van der Waals surface area contributed by atoms with Crippen molar-refractivity contribution in [1.29, 1.82) is 0 Å². The molecule has 0 radical (unpaired) electrons. The zero-order chi connectivity index (χ0) is 11.0. The molecule has 0 spiro atoms. The number of hydrogen-bond acceptors (Lipinski definition) is 3. The number of hydrogen-bond donors (Lipinski definition) is 0. The molecule has 1 aliphatic carbocycles. The Morgan fingerprint density at radius 2 is 2.06 bits per heavy atom. The molecule has 82 valence electrons. The molecule has 0 amide bonds. The van der Waals surface area contributed by atoms with Crippen molar-refractivity contribution >= 4 is 22.6 Å². The lowest BCUT2D eigenvalue weighted by Crippen LogP contribution is -2.12. The van der Waals surface area contributed by atoms with Crippen LogP contribution in [0.15, 0.2) is 18.7 Å². The van der Waals surface area contributed by atoms with E-state index in [1.54, 1.807) is 6.33 Å². The number of aromatic nitrogens is 4. The number of aryl methyl sites for hydroxylation is 1. The van der Waals surface area contributed by atoms with Gasteiger partial charge in [0, 0.05) is 17.5 Å². The molecule has 0 aromatic carbocycles. The summed E-state index contributed by atoms with van der Waals surface area (Å²) < 4.78 is 2.98. The lowest BCUT2D eigenvalue weighted by Gasteiger charge is -2.16. The van der Waals surface area contributed by atoms with Gasteiger partial charge in [0.2, 0.25) is 0 Å². The predicted octanol–water partition coefficient (Wildman–Crippen LogP) is 2.15. The third-order valence-corrected chi connectivity index (χ3v) is 3.43. The Kier molecular flexibility index (Phi) is 2.62. The fourth-order valence-electron chi connectivity index (χ4n) is 2.12. The van der Waals surface area contributed by atoms with Crippen LogP contribution in [0.2, 0.25) is 0 Å². The average Bonchev–Trinajstić information content (AvgIpc) is 2.75. The number of fused-ring (bicyclic) bond motifs is 1. The van der Waals surface area contributed by atoms with Gasteiger partial charge in [-0.15, -0.1) is 0 Å². The third kappa shape index (κ3) is 1.73. The Morgan fingerprint density at radius 3 is 2.88 bits per heavy atom. The summed E-state index contributed by atoms with van der Waals surface area (Å²) >= 11 is 2.26. The van der Waals surface area contributed by atoms with E-state index in [-0.39, 0.29) is 0 Å². The fraction of sp³-hybridized carbons (Fsp3) is 0.364. The summed E-state index contributed by atoms with van der Waals surface area (Å²) in [6, 6.07) is 0. The van der Waals surface area contributed by atoms with Gasteiger partial charge in [0.15, 0.2) is 5.82 Å². The van der Waals surface area contributed by atoms with E-state index in [2.05, 4.69) is 37.7 Å². The SMILES string of the molecule is Ic1cnn(-c2ncnc3c2CCCC3)c1. The highest BCUT2D eigenvalue weighted by Crippen LogP contribution is 2.23. The van der Waals surface area contributed by atoms with E-state index in [1.165, 1.54) is 24.1 Å². The Labute approximate surface area is 107 Å². The van der Waals surface area contributed by atoms with Crippen molar-refractivity contribution < 1.29 is 0 Å². The van der Waals surface area contributed by atoms with Crippen LogP contribution in [0.5, 0.6) is 0 Å². The second-order valence-corrected chi connectivity index (χ2v) is 5.18. The molecule has 0 saturated heterocycles. The maximum atomic E-state index is 4.36. The minimum Gasteiger partial charge on any atom is -0.241 e. The fourth-order valence-corrected chi connectivity index (χ4v) is 2.51. The highest BCUT2D eigenvalue weighted by molar-refractivity contribution is 14.1. The predicted molar refractivity (Wildman–Crippen MR) is 68.5 cm³/mol. The van der Waals surface area contributed by atoms with Crippen molar-refractivity contribution in [1.82, 2.24) is 19.7 Å². The monoisotopic (exact) mass is 326 g/mol. The summed E-state index contributed by atoms with van der Waals surface area (Å²) in [6.45, 7) is 0. The first-order chi connectivity index (χ1) is 7.84. The molecule has 0 bridgehead atoms. The van der Waals surface area contributed by atoms with E-state index in [1.807, 2.05) is 17.1 Å². The first-order valence-corrected chi connectivity index (χ1v) is 6.46. The highest BCUT2D eigenvalue weighted by atomic mass is 127. The highest BCUT2D eigenvalue weighted by Gasteiger charge is 2.16. The summed E-state index contributed by atoms with van der Waals surface area (Å²) in [6.07, 6.45) is 10.1. The van der Waals surface area contributed by atoms with E-state index in [9.17, 15) is 0 Å². The molecule has 0 aliphatic heterocycles. The van der Waals surface area contributed by atoms with Gasteiger partial charge in [-0.2, -0.15) is 5.10 Å². The second-order valence-electron chi connectivity index (χ2n) is 3.93. The topological polar surface area (TPSA) is 43.6 Å². The largest absolute Gasteiger partial charge is 0.241 e. The normalized spacial score (nSPS) is 14.8. The van der Waals surface area contributed by atoms with Crippen LogP contribution >= 0.6 is 22.6 Å². The average molecular weight is 326 g/mol. The standard InChI is InChI=1S/C11H11IN4/c12-8-5-15-16(6-8)11-9-3-1-2-4-10(9)13-7-14-11/h5-7H,1-4H2. The van der Waals surface area contributed by atoms with Crippen LogP contribution in [0.25, 0.3) is 5.82 Å². The van der Waals surface area contributed by atoms with Crippen molar-refractivity contribution in [2.24, 2.45) is 0 Å². The van der Waals surface area contributed by atoms with E-state index in [0.29, 0.717) is 0 Å². The van der Waals surface area contributed by atoms with Gasteiger partial charge in [-0.05, 0) is 48.3 Å². The molecular weight excluding hydrogens is 315 g/mol. The maximum absolute atomic E-state index is 4.36. The summed E-state index contributed by atoms with van der Waals surface area (Å²) in [5.41, 5.74) is 2.47. The lowest BCUT2D eigenvalue weighted by atomic mass is 9.96. The number of rotatable bonds is 1. The summed E-state index contributed by atoms with van der Waals surface area (Å²) in [5.74, 6) is 0.951. The molecule has 4 nitrogen and oxygen atoms in total. The maximum Gasteiger partial charge on any atom is 0.160 e. The minimum absolute atomic E-state index is 0.951. The van der Waals surface area contributed by atoms with Gasteiger partial charge in [-0.3, -0.25) is 0 Å². The van der Waals surface area contributed by atoms with Crippen molar-refractivity contribution in [3.05, 3.63) is 33.5 Å². The van der Waals surface area contributed by atoms with Gasteiger partial charge in [0.25, 0.3) is 0 Å². The molecule has 0 atom stereocenters. The molecule has 5 heteroatoms. The molecule has 0 unspecified atom stereocenters. The van der Waals surface area contributed by atoms with E-state index >= 15 is 0 Å².